The minimum atomic E-state index is 1.22. The van der Waals surface area contributed by atoms with E-state index in [-0.39, 0.29) is 0 Å². The van der Waals surface area contributed by atoms with Crippen molar-refractivity contribution in [2.45, 2.75) is 0 Å². The van der Waals surface area contributed by atoms with E-state index in [9.17, 15) is 0 Å². The molecular formula is C44H26I2. The summed E-state index contributed by atoms with van der Waals surface area (Å²) < 4.78 is 2.55. The highest BCUT2D eigenvalue weighted by molar-refractivity contribution is 14.1. The van der Waals surface area contributed by atoms with Gasteiger partial charge in [-0.15, -0.1) is 0 Å². The Balaban J connectivity index is 1.51. The molecule has 0 saturated carbocycles. The van der Waals surface area contributed by atoms with Crippen LogP contribution in [0, 0.1) is 7.14 Å². The van der Waals surface area contributed by atoms with E-state index in [1.165, 1.54) is 94.7 Å². The van der Waals surface area contributed by atoms with Gasteiger partial charge in [0.1, 0.15) is 0 Å². The van der Waals surface area contributed by atoms with Gasteiger partial charge in [-0.25, -0.2) is 0 Å². The predicted molar refractivity (Wildman–Crippen MR) is 215 cm³/mol. The highest BCUT2D eigenvalue weighted by Gasteiger charge is 2.23. The van der Waals surface area contributed by atoms with Gasteiger partial charge >= 0.3 is 0 Å². The van der Waals surface area contributed by atoms with Crippen LogP contribution in [0.5, 0.6) is 0 Å². The second-order valence-corrected chi connectivity index (χ2v) is 14.2. The second kappa shape index (κ2) is 11.2. The number of hydrogen-bond acceptors (Lipinski definition) is 0. The molecule has 0 N–H and O–H groups in total. The van der Waals surface area contributed by atoms with E-state index in [1.807, 2.05) is 0 Å². The molecule has 9 aromatic carbocycles. The van der Waals surface area contributed by atoms with Gasteiger partial charge in [-0.1, -0.05) is 140 Å². The topological polar surface area (TPSA) is 0 Å². The Kier molecular flexibility index (Phi) is 6.83. The van der Waals surface area contributed by atoms with E-state index in [1.54, 1.807) is 0 Å². The van der Waals surface area contributed by atoms with Crippen molar-refractivity contribution in [2.75, 3.05) is 0 Å². The van der Waals surface area contributed by atoms with Gasteiger partial charge in [0, 0.05) is 7.14 Å². The number of hydrogen-bond donors (Lipinski definition) is 0. The van der Waals surface area contributed by atoms with Crippen LogP contribution in [0.2, 0.25) is 0 Å². The van der Waals surface area contributed by atoms with Crippen LogP contribution >= 0.6 is 45.2 Å². The fourth-order valence-electron chi connectivity index (χ4n) is 7.34. The molecule has 0 amide bonds. The van der Waals surface area contributed by atoms with Gasteiger partial charge in [0.2, 0.25) is 0 Å². The Bertz CT molecular complexity index is 2570. The highest BCUT2D eigenvalue weighted by Crippen LogP contribution is 2.50. The minimum absolute atomic E-state index is 1.22. The first kappa shape index (κ1) is 28.0. The average Bonchev–Trinajstić information content (AvgIpc) is 3.12. The summed E-state index contributed by atoms with van der Waals surface area (Å²) in [5, 5.41) is 10.6. The summed E-state index contributed by atoms with van der Waals surface area (Å²) in [5.74, 6) is 0. The van der Waals surface area contributed by atoms with Gasteiger partial charge in [-0.3, -0.25) is 0 Å². The van der Waals surface area contributed by atoms with Gasteiger partial charge < -0.3 is 0 Å². The van der Waals surface area contributed by atoms with Gasteiger partial charge in [-0.05, 0) is 151 Å². The van der Waals surface area contributed by atoms with Crippen LogP contribution in [-0.4, -0.2) is 0 Å². The standard InChI is InChI=1S/C44H26I2/c45-39-24-23-36-41-33(39)17-10-18-35(41)43-37(29-15-8-3-9-16-29)26-40(46)34-22-21-32(42(36)44(34)43)38-25-30(27-11-4-1-5-12-27)19-20-31(38)28-13-6-2-7-14-28/h1-26H. The van der Waals surface area contributed by atoms with Gasteiger partial charge in [0.25, 0.3) is 0 Å². The van der Waals surface area contributed by atoms with Crippen LogP contribution in [0.3, 0.4) is 0 Å². The van der Waals surface area contributed by atoms with E-state index in [0.717, 1.165) is 0 Å². The van der Waals surface area contributed by atoms with E-state index >= 15 is 0 Å². The first-order valence-electron chi connectivity index (χ1n) is 15.5. The zero-order chi connectivity index (χ0) is 30.8. The molecule has 0 heterocycles. The molecular weight excluding hydrogens is 782 g/mol. The van der Waals surface area contributed by atoms with Crippen molar-refractivity contribution in [1.29, 1.82) is 0 Å². The molecule has 46 heavy (non-hydrogen) atoms. The Morgan fingerprint density at radius 1 is 0.261 bits per heavy atom. The molecule has 0 aromatic heterocycles. The lowest BCUT2D eigenvalue weighted by Crippen LogP contribution is -1.96. The largest absolute Gasteiger partial charge is 0.0622 e. The molecule has 9 aromatic rings. The number of halogens is 2. The predicted octanol–water partition coefficient (Wildman–Crippen LogP) is 13.6. The van der Waals surface area contributed by atoms with E-state index in [0.29, 0.717) is 0 Å². The smallest absolute Gasteiger partial charge is 0.0215 e. The van der Waals surface area contributed by atoms with Crippen LogP contribution in [0.1, 0.15) is 0 Å². The van der Waals surface area contributed by atoms with Crippen molar-refractivity contribution in [3.05, 3.63) is 165 Å². The summed E-state index contributed by atoms with van der Waals surface area (Å²) in [6, 6.07) is 58.1. The van der Waals surface area contributed by atoms with Crippen LogP contribution in [0.25, 0.3) is 87.6 Å². The first-order valence-corrected chi connectivity index (χ1v) is 17.6. The third-order valence-corrected chi connectivity index (χ3v) is 11.2. The van der Waals surface area contributed by atoms with Gasteiger partial charge in [-0.2, -0.15) is 0 Å². The highest BCUT2D eigenvalue weighted by atomic mass is 127. The maximum absolute atomic E-state index is 2.55. The second-order valence-electron chi connectivity index (χ2n) is 11.9. The van der Waals surface area contributed by atoms with Crippen molar-refractivity contribution in [2.24, 2.45) is 0 Å². The lowest BCUT2D eigenvalue weighted by atomic mass is 9.82. The van der Waals surface area contributed by atoms with Gasteiger partial charge in [0.05, 0.1) is 0 Å². The van der Waals surface area contributed by atoms with Crippen LogP contribution in [-0.2, 0) is 0 Å². The molecule has 0 fully saturated rings. The molecule has 216 valence electrons. The third-order valence-electron chi connectivity index (χ3n) is 9.37. The Morgan fingerprint density at radius 2 is 0.804 bits per heavy atom. The molecule has 0 aliphatic carbocycles. The molecule has 0 radical (unpaired) electrons. The summed E-state index contributed by atoms with van der Waals surface area (Å²) >= 11 is 5.06. The molecule has 0 aliphatic heterocycles. The summed E-state index contributed by atoms with van der Waals surface area (Å²) in [6.45, 7) is 0. The first-order chi connectivity index (χ1) is 22.7. The molecule has 0 nitrogen and oxygen atoms in total. The SMILES string of the molecule is Ic1ccc2c3c(-c4cc(-c5ccccc5)ccc4-c4ccccc4)ccc4c(I)cc(-c5ccccc5)c(c5cccc1c52)c43. The molecule has 0 saturated heterocycles. The zero-order valence-electron chi connectivity index (χ0n) is 24.8. The van der Waals surface area contributed by atoms with Crippen LogP contribution in [0.4, 0.5) is 0 Å². The molecule has 9 rings (SSSR count). The number of fused-ring (bicyclic) bond motifs is 2. The number of rotatable bonds is 4. The Morgan fingerprint density at radius 3 is 1.52 bits per heavy atom. The lowest BCUT2D eigenvalue weighted by molar-refractivity contribution is 1.58. The maximum atomic E-state index is 2.55. The van der Waals surface area contributed by atoms with Crippen LogP contribution in [0.15, 0.2) is 158 Å². The normalized spacial score (nSPS) is 11.7. The lowest BCUT2D eigenvalue weighted by Gasteiger charge is -2.22. The Hall–Kier alpha value is -4.26. The van der Waals surface area contributed by atoms with E-state index in [4.69, 9.17) is 0 Å². The quantitative estimate of drug-likeness (QED) is 0.0944. The van der Waals surface area contributed by atoms with Crippen LogP contribution < -0.4 is 0 Å². The summed E-state index contributed by atoms with van der Waals surface area (Å²) in [5.41, 5.74) is 9.96. The van der Waals surface area contributed by atoms with Gasteiger partial charge in [0.15, 0.2) is 0 Å². The van der Waals surface area contributed by atoms with E-state index in [2.05, 4.69) is 203 Å². The maximum Gasteiger partial charge on any atom is 0.0215 e. The number of benzene rings is 9. The summed E-state index contributed by atoms with van der Waals surface area (Å²) in [4.78, 5) is 0. The fourth-order valence-corrected chi connectivity index (χ4v) is 8.73. The fraction of sp³-hybridized carbons (Fsp3) is 0. The molecule has 0 aliphatic rings. The third kappa shape index (κ3) is 4.38. The Labute approximate surface area is 295 Å². The van der Waals surface area contributed by atoms with Crippen molar-refractivity contribution in [3.63, 3.8) is 0 Å². The molecule has 0 bridgehead atoms. The molecule has 0 spiro atoms. The molecule has 0 unspecified atom stereocenters. The van der Waals surface area contributed by atoms with Crippen molar-refractivity contribution in [1.82, 2.24) is 0 Å². The average molecular weight is 808 g/mol. The monoisotopic (exact) mass is 808 g/mol. The summed E-state index contributed by atoms with van der Waals surface area (Å²) in [7, 11) is 0. The van der Waals surface area contributed by atoms with Crippen molar-refractivity contribution < 1.29 is 0 Å². The zero-order valence-corrected chi connectivity index (χ0v) is 29.1. The van der Waals surface area contributed by atoms with E-state index < -0.39 is 0 Å². The molecule has 2 heteroatoms. The minimum Gasteiger partial charge on any atom is -0.0622 e. The van der Waals surface area contributed by atoms with Crippen molar-refractivity contribution >= 4 is 88.3 Å². The molecule has 0 atom stereocenters. The van der Waals surface area contributed by atoms with Crippen molar-refractivity contribution in [3.8, 4) is 44.5 Å². The summed E-state index contributed by atoms with van der Waals surface area (Å²) in [6.07, 6.45) is 0.